The Hall–Kier alpha value is -3.32. The lowest BCUT2D eigenvalue weighted by Gasteiger charge is -2.14. The molecule has 0 saturated carbocycles. The van der Waals surface area contributed by atoms with Gasteiger partial charge in [0, 0.05) is 22.6 Å². The van der Waals surface area contributed by atoms with Crippen LogP contribution < -0.4 is 0 Å². The number of benzene rings is 2. The number of hydrogen-bond acceptors (Lipinski definition) is 7. The van der Waals surface area contributed by atoms with Gasteiger partial charge in [-0.3, -0.25) is 9.59 Å². The molecule has 0 unspecified atom stereocenters. The highest BCUT2D eigenvalue weighted by molar-refractivity contribution is 8.03. The first-order chi connectivity index (χ1) is 14.0. The fraction of sp³-hybridized carbons (Fsp3) is 0.136. The van der Waals surface area contributed by atoms with E-state index in [2.05, 4.69) is 0 Å². The van der Waals surface area contributed by atoms with Gasteiger partial charge in [-0.15, -0.1) is 11.8 Å². The molecule has 0 amide bonds. The van der Waals surface area contributed by atoms with Gasteiger partial charge in [0.1, 0.15) is 22.7 Å². The van der Waals surface area contributed by atoms with Gasteiger partial charge < -0.3 is 14.3 Å². The number of Topliss-reactive ketones (excluding diaryl/α,β-unsaturated/α-hetero) is 1. The van der Waals surface area contributed by atoms with Crippen molar-refractivity contribution in [1.82, 2.24) is 0 Å². The summed E-state index contributed by atoms with van der Waals surface area (Å²) in [5, 5.41) is 10.2. The van der Waals surface area contributed by atoms with E-state index in [0.29, 0.717) is 27.9 Å². The van der Waals surface area contributed by atoms with Crippen LogP contribution in [0.3, 0.4) is 0 Å². The molecule has 1 heterocycles. The molecule has 6 nitrogen and oxygen atoms in total. The minimum atomic E-state index is -0.571. The van der Waals surface area contributed by atoms with Crippen molar-refractivity contribution in [3.05, 3.63) is 75.9 Å². The predicted octanol–water partition coefficient (Wildman–Crippen LogP) is 4.51. The number of ketones is 2. The summed E-state index contributed by atoms with van der Waals surface area (Å²) in [6.07, 6.45) is 1.31. The van der Waals surface area contributed by atoms with Gasteiger partial charge in [0.05, 0.1) is 17.3 Å². The van der Waals surface area contributed by atoms with Crippen molar-refractivity contribution in [2.45, 2.75) is 12.7 Å². The topological polar surface area (TPSA) is 93.8 Å². The fourth-order valence-electron chi connectivity index (χ4n) is 3.21. The number of hydrogen-bond donors (Lipinski definition) is 1. The summed E-state index contributed by atoms with van der Waals surface area (Å²) in [4.78, 5) is 37.8. The molecule has 29 heavy (non-hydrogen) atoms. The molecule has 0 spiro atoms. The monoisotopic (exact) mass is 408 g/mol. The zero-order valence-electron chi connectivity index (χ0n) is 15.4. The first-order valence-electron chi connectivity index (χ1n) is 8.93. The number of phenols is 1. The summed E-state index contributed by atoms with van der Waals surface area (Å²) >= 11 is 1.12. The highest BCUT2D eigenvalue weighted by Crippen LogP contribution is 2.35. The Morgan fingerprint density at radius 1 is 1.14 bits per heavy atom. The third kappa shape index (κ3) is 3.45. The third-order valence-electron chi connectivity index (χ3n) is 4.51. The molecule has 1 aliphatic carbocycles. The number of aromatic hydroxyl groups is 1. The third-order valence-corrected chi connectivity index (χ3v) is 5.53. The van der Waals surface area contributed by atoms with Crippen molar-refractivity contribution in [2.24, 2.45) is 0 Å². The molecule has 146 valence electrons. The number of rotatable bonds is 5. The Morgan fingerprint density at radius 3 is 2.66 bits per heavy atom. The van der Waals surface area contributed by atoms with Crippen molar-refractivity contribution < 1.29 is 28.6 Å². The van der Waals surface area contributed by atoms with Gasteiger partial charge in [-0.2, -0.15) is 0 Å². The van der Waals surface area contributed by atoms with Crippen LogP contribution in [0.5, 0.6) is 5.75 Å². The molecule has 0 aliphatic heterocycles. The van der Waals surface area contributed by atoms with E-state index in [1.54, 1.807) is 37.3 Å². The van der Waals surface area contributed by atoms with Crippen molar-refractivity contribution in [1.29, 1.82) is 0 Å². The maximum absolute atomic E-state index is 12.7. The van der Waals surface area contributed by atoms with Crippen LogP contribution in [0, 0.1) is 0 Å². The van der Waals surface area contributed by atoms with Crippen LogP contribution in [0.15, 0.2) is 57.9 Å². The number of carbonyl (C=O) groups excluding carboxylic acids is 3. The Balaban J connectivity index is 1.67. The van der Waals surface area contributed by atoms with Crippen LogP contribution in [0.25, 0.3) is 11.0 Å². The van der Waals surface area contributed by atoms with Gasteiger partial charge in [-0.1, -0.05) is 24.3 Å². The molecule has 4 rings (SSSR count). The second kappa shape index (κ2) is 7.60. The maximum atomic E-state index is 12.7. The first kappa shape index (κ1) is 19.0. The van der Waals surface area contributed by atoms with Crippen LogP contribution in [0.2, 0.25) is 0 Å². The predicted molar refractivity (Wildman–Crippen MR) is 108 cm³/mol. The van der Waals surface area contributed by atoms with Gasteiger partial charge in [-0.25, -0.2) is 4.79 Å². The van der Waals surface area contributed by atoms with E-state index < -0.39 is 5.97 Å². The smallest absolute Gasteiger partial charge is 0.342 e. The van der Waals surface area contributed by atoms with E-state index in [-0.39, 0.29) is 40.1 Å². The van der Waals surface area contributed by atoms with E-state index in [4.69, 9.17) is 9.15 Å². The van der Waals surface area contributed by atoms with E-state index in [1.165, 1.54) is 18.2 Å². The second-order valence-electron chi connectivity index (χ2n) is 6.34. The average molecular weight is 408 g/mol. The van der Waals surface area contributed by atoms with E-state index >= 15 is 0 Å². The summed E-state index contributed by atoms with van der Waals surface area (Å²) in [5.74, 6) is -0.585. The highest BCUT2D eigenvalue weighted by atomic mass is 32.2. The number of thioether (sulfide) groups is 1. The minimum Gasteiger partial charge on any atom is -0.508 e. The quantitative estimate of drug-likeness (QED) is 0.621. The van der Waals surface area contributed by atoms with E-state index in [9.17, 15) is 19.5 Å². The lowest BCUT2D eigenvalue weighted by atomic mass is 9.95. The molecule has 0 bridgehead atoms. The van der Waals surface area contributed by atoms with Gasteiger partial charge in [-0.05, 0) is 25.1 Å². The van der Waals surface area contributed by atoms with Crippen LogP contribution in [0.1, 0.15) is 43.8 Å². The SMILES string of the molecule is CCOC(=O)c1c(CSC2=CC(=O)c3ccccc3C2=O)oc2ccc(O)cc12. The van der Waals surface area contributed by atoms with Crippen molar-refractivity contribution in [3.8, 4) is 5.75 Å². The first-order valence-corrected chi connectivity index (χ1v) is 9.92. The molecule has 0 radical (unpaired) electrons. The molecule has 0 saturated heterocycles. The number of phenolic OH excluding ortho intramolecular Hbond substituents is 1. The largest absolute Gasteiger partial charge is 0.508 e. The molecule has 1 N–H and O–H groups in total. The standard InChI is InChI=1S/C22H16O6S/c1-2-27-22(26)20-15-9-12(23)7-8-17(15)28-18(20)11-29-19-10-16(24)13-5-3-4-6-14(13)21(19)25/h3-10,23H,2,11H2,1H3. The molecule has 0 atom stereocenters. The number of fused-ring (bicyclic) bond motifs is 2. The molecule has 1 aromatic heterocycles. The highest BCUT2D eigenvalue weighted by Gasteiger charge is 2.27. The fourth-order valence-corrected chi connectivity index (χ4v) is 4.13. The molecule has 0 fully saturated rings. The summed E-state index contributed by atoms with van der Waals surface area (Å²) in [7, 11) is 0. The summed E-state index contributed by atoms with van der Waals surface area (Å²) < 4.78 is 10.9. The van der Waals surface area contributed by atoms with Crippen molar-refractivity contribution in [2.75, 3.05) is 6.61 Å². The number of esters is 1. The lowest BCUT2D eigenvalue weighted by Crippen LogP contribution is -2.15. The van der Waals surface area contributed by atoms with E-state index in [1.807, 2.05) is 0 Å². The Kier molecular flexibility index (Phi) is 4.98. The van der Waals surface area contributed by atoms with Crippen LogP contribution in [0.4, 0.5) is 0 Å². The molecule has 3 aromatic rings. The summed E-state index contributed by atoms with van der Waals surface area (Å²) in [6, 6.07) is 11.1. The van der Waals surface area contributed by atoms with Gasteiger partial charge in [0.15, 0.2) is 11.6 Å². The Morgan fingerprint density at radius 2 is 1.90 bits per heavy atom. The Bertz CT molecular complexity index is 1190. The number of ether oxygens (including phenoxy) is 1. The van der Waals surface area contributed by atoms with Crippen molar-refractivity contribution in [3.63, 3.8) is 0 Å². The van der Waals surface area contributed by atoms with E-state index in [0.717, 1.165) is 11.8 Å². The number of carbonyl (C=O) groups is 3. The van der Waals surface area contributed by atoms with Crippen LogP contribution in [-0.4, -0.2) is 29.2 Å². The zero-order chi connectivity index (χ0) is 20.5. The van der Waals surface area contributed by atoms with Crippen LogP contribution >= 0.6 is 11.8 Å². The maximum Gasteiger partial charge on any atom is 0.342 e. The molecule has 1 aliphatic rings. The zero-order valence-corrected chi connectivity index (χ0v) is 16.2. The molecule has 2 aromatic carbocycles. The second-order valence-corrected chi connectivity index (χ2v) is 7.35. The Labute approximate surface area is 170 Å². The minimum absolute atomic E-state index is 0.00424. The van der Waals surface area contributed by atoms with Crippen molar-refractivity contribution >= 4 is 40.3 Å². The average Bonchev–Trinajstić information content (AvgIpc) is 3.07. The van der Waals surface area contributed by atoms with Gasteiger partial charge in [0.25, 0.3) is 0 Å². The van der Waals surface area contributed by atoms with Gasteiger partial charge in [0.2, 0.25) is 0 Å². The molecule has 7 heteroatoms. The lowest BCUT2D eigenvalue weighted by molar-refractivity contribution is 0.0526. The van der Waals surface area contributed by atoms with Gasteiger partial charge >= 0.3 is 5.97 Å². The van der Waals surface area contributed by atoms with Crippen LogP contribution in [-0.2, 0) is 10.5 Å². The number of furan rings is 1. The number of allylic oxidation sites excluding steroid dienone is 2. The molecular weight excluding hydrogens is 392 g/mol. The summed E-state index contributed by atoms with van der Waals surface area (Å²) in [5.41, 5.74) is 1.38. The summed E-state index contributed by atoms with van der Waals surface area (Å²) in [6.45, 7) is 1.88. The normalized spacial score (nSPS) is 13.3. The molecular formula is C22H16O6S.